The van der Waals surface area contributed by atoms with Gasteiger partial charge in [0.2, 0.25) is 0 Å². The lowest BCUT2D eigenvalue weighted by atomic mass is 10.0. The van der Waals surface area contributed by atoms with Gasteiger partial charge in [-0.25, -0.2) is 9.13 Å². The summed E-state index contributed by atoms with van der Waals surface area (Å²) in [5, 5.41) is 10.6. The summed E-state index contributed by atoms with van der Waals surface area (Å²) in [4.78, 5) is 72.8. The number of aliphatic hydroxyl groups is 1. The van der Waals surface area contributed by atoms with Crippen molar-refractivity contribution in [2.75, 3.05) is 39.6 Å². The Morgan fingerprint density at radius 3 is 0.708 bits per heavy atom. The lowest BCUT2D eigenvalue weighted by molar-refractivity contribution is -0.161. The number of aliphatic hydroxyl groups excluding tert-OH is 1. The van der Waals surface area contributed by atoms with E-state index in [2.05, 4.69) is 48.5 Å². The summed E-state index contributed by atoms with van der Waals surface area (Å²) in [6.45, 7) is 11.8. The van der Waals surface area contributed by atoms with Crippen LogP contribution in [0.15, 0.2) is 0 Å². The van der Waals surface area contributed by atoms with E-state index in [1.807, 2.05) is 0 Å². The van der Waals surface area contributed by atoms with E-state index in [0.29, 0.717) is 31.6 Å². The number of ether oxygens (including phenoxy) is 4. The van der Waals surface area contributed by atoms with Gasteiger partial charge in [0.25, 0.3) is 0 Å². The van der Waals surface area contributed by atoms with E-state index in [0.717, 1.165) is 108 Å². The van der Waals surface area contributed by atoms with Gasteiger partial charge in [0.05, 0.1) is 26.4 Å². The van der Waals surface area contributed by atoms with E-state index >= 15 is 0 Å². The van der Waals surface area contributed by atoms with Gasteiger partial charge >= 0.3 is 39.5 Å². The molecule has 0 aliphatic rings. The number of carbonyl (C=O) groups excluding carboxylic acids is 4. The van der Waals surface area contributed by atoms with Crippen molar-refractivity contribution in [2.45, 2.75) is 414 Å². The van der Waals surface area contributed by atoms with Gasteiger partial charge < -0.3 is 33.8 Å². The van der Waals surface area contributed by atoms with Gasteiger partial charge in [-0.1, -0.05) is 344 Å². The van der Waals surface area contributed by atoms with Crippen LogP contribution in [0.5, 0.6) is 0 Å². The van der Waals surface area contributed by atoms with Gasteiger partial charge in [-0.2, -0.15) is 0 Å². The van der Waals surface area contributed by atoms with Crippen LogP contribution in [0.3, 0.4) is 0 Å². The number of unbranched alkanes of at least 4 members (excludes halogenated alkanes) is 43. The summed E-state index contributed by atoms with van der Waals surface area (Å²) in [6, 6.07) is 0. The SMILES string of the molecule is CCCCCCCCCCCCCCCCCCCCC(=O)O[C@H](COC(=O)CCCCCCCCCCCCCCCC(C)C)COP(=O)(O)OC[C@@H](O)COP(=O)(O)OC[C@@H](COC(=O)CCCCCCCCC(C)C)OC(=O)CCCCCCCCCCCCC(C)C. The van der Waals surface area contributed by atoms with Crippen LogP contribution in [-0.2, 0) is 65.4 Å². The molecule has 0 rings (SSSR count). The molecular formula is C77H150O17P2. The van der Waals surface area contributed by atoms with Crippen LogP contribution < -0.4 is 0 Å². The van der Waals surface area contributed by atoms with Crippen LogP contribution in [0.4, 0.5) is 0 Å². The third-order valence-electron chi connectivity index (χ3n) is 17.9. The minimum atomic E-state index is -4.96. The summed E-state index contributed by atoms with van der Waals surface area (Å²) < 4.78 is 68.5. The molecule has 0 spiro atoms. The number of esters is 4. The smallest absolute Gasteiger partial charge is 0.462 e. The second kappa shape index (κ2) is 67.5. The Hall–Kier alpha value is -1.94. The zero-order valence-corrected chi connectivity index (χ0v) is 64.6. The largest absolute Gasteiger partial charge is 0.472 e. The molecule has 0 aliphatic heterocycles. The minimum absolute atomic E-state index is 0.105. The first-order valence-corrected chi connectivity index (χ1v) is 42.8. The monoisotopic (exact) mass is 1410 g/mol. The zero-order valence-electron chi connectivity index (χ0n) is 62.8. The van der Waals surface area contributed by atoms with E-state index in [9.17, 15) is 43.2 Å². The van der Waals surface area contributed by atoms with Crippen LogP contribution in [0.25, 0.3) is 0 Å². The quantitative estimate of drug-likeness (QED) is 0.0222. The topological polar surface area (TPSA) is 237 Å². The Morgan fingerprint density at radius 1 is 0.281 bits per heavy atom. The number of phosphoric ester groups is 2. The zero-order chi connectivity index (χ0) is 70.9. The average molecular weight is 1410 g/mol. The summed E-state index contributed by atoms with van der Waals surface area (Å²) in [6.07, 6.45) is 54.3. The second-order valence-corrected chi connectivity index (χ2v) is 32.1. The van der Waals surface area contributed by atoms with Crippen molar-refractivity contribution in [1.29, 1.82) is 0 Å². The first-order chi connectivity index (χ1) is 46.2. The third kappa shape index (κ3) is 70.5. The summed E-state index contributed by atoms with van der Waals surface area (Å²) in [5.74, 6) is 0.104. The maximum absolute atomic E-state index is 13.1. The maximum atomic E-state index is 13.1. The minimum Gasteiger partial charge on any atom is -0.462 e. The molecule has 0 saturated heterocycles. The highest BCUT2D eigenvalue weighted by atomic mass is 31.2. The van der Waals surface area contributed by atoms with Crippen molar-refractivity contribution < 1.29 is 80.2 Å². The van der Waals surface area contributed by atoms with Gasteiger partial charge in [-0.15, -0.1) is 0 Å². The highest BCUT2D eigenvalue weighted by Gasteiger charge is 2.30. The molecule has 3 N–H and O–H groups in total. The van der Waals surface area contributed by atoms with Crippen LogP contribution in [0, 0.1) is 17.8 Å². The molecule has 5 atom stereocenters. The fourth-order valence-electron chi connectivity index (χ4n) is 11.8. The molecule has 0 fully saturated rings. The van der Waals surface area contributed by atoms with E-state index in [-0.39, 0.29) is 25.7 Å². The molecule has 0 heterocycles. The highest BCUT2D eigenvalue weighted by molar-refractivity contribution is 7.47. The summed E-state index contributed by atoms with van der Waals surface area (Å²) in [5.41, 5.74) is 0. The van der Waals surface area contributed by atoms with Crippen molar-refractivity contribution in [2.24, 2.45) is 17.8 Å². The first-order valence-electron chi connectivity index (χ1n) is 39.8. The number of rotatable bonds is 75. The normalized spacial score (nSPS) is 14.1. The molecule has 0 bridgehead atoms. The molecular weight excluding hydrogens is 1260 g/mol. The third-order valence-corrected chi connectivity index (χ3v) is 19.8. The highest BCUT2D eigenvalue weighted by Crippen LogP contribution is 2.45. The molecule has 0 aromatic rings. The van der Waals surface area contributed by atoms with Crippen molar-refractivity contribution in [3.8, 4) is 0 Å². The fraction of sp³-hybridized carbons (Fsp3) is 0.948. The first kappa shape index (κ1) is 94.1. The van der Waals surface area contributed by atoms with E-state index in [4.69, 9.17) is 37.0 Å². The molecule has 96 heavy (non-hydrogen) atoms. The van der Waals surface area contributed by atoms with Crippen LogP contribution in [0.1, 0.15) is 395 Å². The van der Waals surface area contributed by atoms with Crippen molar-refractivity contribution >= 4 is 39.5 Å². The second-order valence-electron chi connectivity index (χ2n) is 29.2. The molecule has 0 aliphatic carbocycles. The van der Waals surface area contributed by atoms with E-state index in [1.165, 1.54) is 199 Å². The van der Waals surface area contributed by atoms with Gasteiger partial charge in [-0.3, -0.25) is 37.3 Å². The maximum Gasteiger partial charge on any atom is 0.472 e. The van der Waals surface area contributed by atoms with E-state index < -0.39 is 97.5 Å². The number of carbonyl (C=O) groups is 4. The Kier molecular flexibility index (Phi) is 66.2. The lowest BCUT2D eigenvalue weighted by Gasteiger charge is -2.21. The van der Waals surface area contributed by atoms with Crippen LogP contribution in [-0.4, -0.2) is 96.7 Å². The summed E-state index contributed by atoms with van der Waals surface area (Å²) in [7, 11) is -9.91. The van der Waals surface area contributed by atoms with Crippen molar-refractivity contribution in [3.05, 3.63) is 0 Å². The molecule has 0 aromatic carbocycles. The molecule has 0 aromatic heterocycles. The lowest BCUT2D eigenvalue weighted by Crippen LogP contribution is -2.30. The Labute approximate surface area is 588 Å². The van der Waals surface area contributed by atoms with Crippen molar-refractivity contribution in [1.82, 2.24) is 0 Å². The van der Waals surface area contributed by atoms with Crippen LogP contribution >= 0.6 is 15.6 Å². The van der Waals surface area contributed by atoms with Gasteiger partial charge in [0.1, 0.15) is 19.3 Å². The van der Waals surface area contributed by atoms with E-state index in [1.54, 1.807) is 0 Å². The molecule has 17 nitrogen and oxygen atoms in total. The predicted molar refractivity (Wildman–Crippen MR) is 391 cm³/mol. The molecule has 570 valence electrons. The number of hydrogen-bond donors (Lipinski definition) is 3. The molecule has 2 unspecified atom stereocenters. The molecule has 0 saturated carbocycles. The molecule has 0 amide bonds. The van der Waals surface area contributed by atoms with Gasteiger partial charge in [0.15, 0.2) is 12.2 Å². The Morgan fingerprint density at radius 2 is 0.479 bits per heavy atom. The van der Waals surface area contributed by atoms with Crippen molar-refractivity contribution in [3.63, 3.8) is 0 Å². The predicted octanol–water partition coefficient (Wildman–Crippen LogP) is 22.6. The fourth-order valence-corrected chi connectivity index (χ4v) is 13.4. The standard InChI is InChI=1S/C77H150O17P2/c1-8-9-10-11-12-13-14-15-16-17-18-19-22-26-32-37-46-53-60-76(81)93-72(64-87-74(79)58-51-44-36-31-25-23-20-21-24-29-34-41-48-55-68(2)3)66-91-95(83,84)89-62-71(78)63-90-96(85,86)92-67-73(65-88-75(80)59-52-45-40-39-43-50-57-70(6)7)94-77(82)61-54-47-38-33-28-27-30-35-42-49-56-69(4)5/h68-73,78H,8-67H2,1-7H3,(H,83,84)(H,85,86)/t71-,72-,73-/m1/s1. The number of hydrogen-bond acceptors (Lipinski definition) is 15. The van der Waals surface area contributed by atoms with Crippen LogP contribution in [0.2, 0.25) is 0 Å². The van der Waals surface area contributed by atoms with Gasteiger partial charge in [0, 0.05) is 25.7 Å². The summed E-state index contributed by atoms with van der Waals surface area (Å²) >= 11 is 0. The number of phosphoric acid groups is 2. The molecule has 0 radical (unpaired) electrons. The average Bonchev–Trinajstić information content (AvgIpc) is 2.09. The Balaban J connectivity index is 5.23. The Bertz CT molecular complexity index is 1870. The molecule has 19 heteroatoms. The van der Waals surface area contributed by atoms with Gasteiger partial charge in [-0.05, 0) is 43.4 Å².